The number of rotatable bonds is 0. The molecule has 0 radical (unpaired) electrons. The van der Waals surface area contributed by atoms with Crippen LogP contribution in [0.5, 0.6) is 0 Å². The molecule has 4 fully saturated rings. The fourth-order valence-electron chi connectivity index (χ4n) is 6.30. The van der Waals surface area contributed by atoms with Gasteiger partial charge in [-0.2, -0.15) is 0 Å². The molecule has 0 spiro atoms. The molecule has 0 aromatic carbocycles. The van der Waals surface area contributed by atoms with Gasteiger partial charge < -0.3 is 0 Å². The van der Waals surface area contributed by atoms with Crippen molar-refractivity contribution < 1.29 is 0 Å². The van der Waals surface area contributed by atoms with E-state index in [0.717, 1.165) is 0 Å². The highest BCUT2D eigenvalue weighted by Gasteiger charge is 3.06. The Labute approximate surface area is 175 Å². The van der Waals surface area contributed by atoms with Crippen LogP contribution in [0.4, 0.5) is 0 Å². The lowest BCUT2D eigenvalue weighted by Crippen LogP contribution is -2.42. The average Bonchev–Trinajstić information content (AvgIpc) is 2.56. The van der Waals surface area contributed by atoms with Crippen LogP contribution in [0.25, 0.3) is 0 Å². The van der Waals surface area contributed by atoms with Gasteiger partial charge in [0.1, 0.15) is 0 Å². The number of hydrogen-bond acceptors (Lipinski definition) is 2. The highest BCUT2D eigenvalue weighted by molar-refractivity contribution is 8.82. The minimum absolute atomic E-state index is 0.0187. The van der Waals surface area contributed by atoms with E-state index in [1.807, 2.05) is 5.03 Å². The predicted molar refractivity (Wildman–Crippen MR) is 134 cm³/mol. The Morgan fingerprint density at radius 1 is 0.846 bits per heavy atom. The standard InChI is InChI=1S/C20H36P4S2/c1-14(2,3)13-21-24(25)19(16(7,8)9)18(15(4,5)6)22(13)20(24,17(10,11)12)26-23(18)19/h1-12H3/t18-,19?,20-,22?,23?,24?/m1/s1. The smallest absolute Gasteiger partial charge is 0.0862 e. The van der Waals surface area contributed by atoms with E-state index in [4.69, 9.17) is 11.8 Å². The van der Waals surface area contributed by atoms with E-state index >= 15 is 0 Å². The van der Waals surface area contributed by atoms with Crippen LogP contribution in [0.3, 0.4) is 0 Å². The molecule has 6 bridgehead atoms. The summed E-state index contributed by atoms with van der Waals surface area (Å²) in [7, 11) is 1.48. The van der Waals surface area contributed by atoms with Crippen molar-refractivity contribution in [3.05, 3.63) is 0 Å². The van der Waals surface area contributed by atoms with Crippen LogP contribution in [0.1, 0.15) is 83.1 Å². The fraction of sp³-hybridized carbons (Fsp3) is 0.950. The van der Waals surface area contributed by atoms with Crippen molar-refractivity contribution >= 4 is 56.9 Å². The first-order valence-electron chi connectivity index (χ1n) is 9.81. The predicted octanol–water partition coefficient (Wildman–Crippen LogP) is 9.35. The molecule has 0 aliphatic carbocycles. The minimum Gasteiger partial charge on any atom is -0.114 e. The second-order valence-electron chi connectivity index (χ2n) is 12.7. The molecule has 148 valence electrons. The van der Waals surface area contributed by atoms with E-state index in [2.05, 4.69) is 94.5 Å². The Bertz CT molecular complexity index is 789. The molecular formula is C20H36P4S2. The lowest BCUT2D eigenvalue weighted by molar-refractivity contribution is 0.295. The zero-order valence-electron chi connectivity index (χ0n) is 18.6. The largest absolute Gasteiger partial charge is 0.114 e. The van der Waals surface area contributed by atoms with E-state index in [9.17, 15) is 0 Å². The molecule has 6 heteroatoms. The Morgan fingerprint density at radius 2 is 1.35 bits per heavy atom. The Balaban J connectivity index is 2.15. The SMILES string of the molecule is CC(C)(C)C1=PP2(=S)C3(C(C)(C)C)P4S[C@]2(C(C)(C)C)P1[C@]43C(C)(C)C. The lowest BCUT2D eigenvalue weighted by atomic mass is 9.80. The maximum atomic E-state index is 7.04. The molecule has 26 heavy (non-hydrogen) atoms. The van der Waals surface area contributed by atoms with E-state index in [1.54, 1.807) is 7.89 Å². The van der Waals surface area contributed by atoms with Gasteiger partial charge in [0.2, 0.25) is 0 Å². The Hall–Kier alpha value is 2.03. The van der Waals surface area contributed by atoms with Crippen molar-refractivity contribution in [1.29, 1.82) is 0 Å². The van der Waals surface area contributed by atoms with Gasteiger partial charge >= 0.3 is 0 Å². The quantitative estimate of drug-likeness (QED) is 0.328. The summed E-state index contributed by atoms with van der Waals surface area (Å²) in [5.74, 6) is 0. The Morgan fingerprint density at radius 3 is 1.69 bits per heavy atom. The zero-order valence-corrected chi connectivity index (χ0v) is 23.8. The first-order valence-corrected chi connectivity index (χ1v) is 18.3. The van der Waals surface area contributed by atoms with Crippen LogP contribution in [0.2, 0.25) is 0 Å². The van der Waals surface area contributed by atoms with E-state index in [-0.39, 0.29) is 15.0 Å². The monoisotopic (exact) mass is 464 g/mol. The molecule has 5 heterocycles. The third kappa shape index (κ3) is 1.70. The summed E-state index contributed by atoms with van der Waals surface area (Å²) in [6, 6.07) is 0. The van der Waals surface area contributed by atoms with Crippen molar-refractivity contribution in [3.63, 3.8) is 0 Å². The summed E-state index contributed by atoms with van der Waals surface area (Å²) in [4.78, 5) is 1.01. The first-order chi connectivity index (χ1) is 11.3. The molecule has 0 saturated carbocycles. The van der Waals surface area contributed by atoms with E-state index in [1.165, 1.54) is 0 Å². The molecule has 5 aliphatic rings. The summed E-state index contributed by atoms with van der Waals surface area (Å²) in [6.45, 7) is 30.4. The molecule has 4 unspecified atom stereocenters. The summed E-state index contributed by atoms with van der Waals surface area (Å²) < 4.78 is 0.404. The number of hydrogen-bond donors (Lipinski definition) is 0. The summed E-state index contributed by atoms with van der Waals surface area (Å²) in [5, 5.41) is 1.90. The van der Waals surface area contributed by atoms with Crippen LogP contribution >= 0.6 is 40.0 Å². The van der Waals surface area contributed by atoms with Crippen LogP contribution in [-0.2, 0) is 11.8 Å². The van der Waals surface area contributed by atoms with Crippen LogP contribution in [0, 0.1) is 21.7 Å². The van der Waals surface area contributed by atoms with Crippen LogP contribution in [-0.4, -0.2) is 19.1 Å². The van der Waals surface area contributed by atoms with Gasteiger partial charge in [0.05, 0.1) is 9.13 Å². The van der Waals surface area contributed by atoms with Gasteiger partial charge in [0.25, 0.3) is 0 Å². The van der Waals surface area contributed by atoms with Crippen molar-refractivity contribution in [3.8, 4) is 0 Å². The molecule has 5 rings (SSSR count). The summed E-state index contributed by atoms with van der Waals surface area (Å²) in [6.07, 6.45) is 0. The first kappa shape index (κ1) is 21.3. The van der Waals surface area contributed by atoms with Crippen LogP contribution < -0.4 is 0 Å². The Kier molecular flexibility index (Phi) is 4.02. The molecule has 0 nitrogen and oxygen atoms in total. The van der Waals surface area contributed by atoms with Crippen molar-refractivity contribution in [2.45, 2.75) is 97.1 Å². The van der Waals surface area contributed by atoms with Crippen molar-refractivity contribution in [1.82, 2.24) is 0 Å². The molecule has 0 aromatic rings. The molecule has 5 aliphatic heterocycles. The van der Waals surface area contributed by atoms with Gasteiger partial charge in [-0.05, 0) is 41.7 Å². The van der Waals surface area contributed by atoms with Crippen molar-refractivity contribution in [2.75, 3.05) is 0 Å². The van der Waals surface area contributed by atoms with Crippen molar-refractivity contribution in [2.24, 2.45) is 21.7 Å². The molecule has 0 amide bonds. The third-order valence-corrected chi connectivity index (χ3v) is 40.3. The van der Waals surface area contributed by atoms with Gasteiger partial charge in [0, 0.05) is 10.6 Å². The average molecular weight is 465 g/mol. The highest BCUT2D eigenvalue weighted by Crippen LogP contribution is 3.33. The molecule has 4 saturated heterocycles. The summed E-state index contributed by atoms with van der Waals surface area (Å²) in [5.41, 5.74) is -0.211. The lowest BCUT2D eigenvalue weighted by Gasteiger charge is -2.46. The van der Waals surface area contributed by atoms with Gasteiger partial charge in [-0.3, -0.25) is 0 Å². The zero-order chi connectivity index (χ0) is 20.1. The van der Waals surface area contributed by atoms with E-state index < -0.39 is 5.73 Å². The topological polar surface area (TPSA) is 0 Å². The van der Waals surface area contributed by atoms with E-state index in [0.29, 0.717) is 35.7 Å². The van der Waals surface area contributed by atoms with Gasteiger partial charge in [0.15, 0.2) is 0 Å². The van der Waals surface area contributed by atoms with Crippen LogP contribution in [0.15, 0.2) is 0 Å². The third-order valence-electron chi connectivity index (χ3n) is 6.91. The van der Waals surface area contributed by atoms with Gasteiger partial charge in [-0.15, -0.1) is 11.4 Å². The second-order valence-corrected chi connectivity index (χ2v) is 29.5. The minimum atomic E-state index is -1.54. The molecule has 0 N–H and O–H groups in total. The van der Waals surface area contributed by atoms with Gasteiger partial charge in [-0.1, -0.05) is 103 Å². The maximum Gasteiger partial charge on any atom is 0.0862 e. The highest BCUT2D eigenvalue weighted by atomic mass is 32.7. The molecule has 6 atom stereocenters. The molecule has 0 aromatic heterocycles. The van der Waals surface area contributed by atoms with Gasteiger partial charge in [-0.25, -0.2) is 0 Å². The molecular weight excluding hydrogens is 428 g/mol. The fourth-order valence-corrected chi connectivity index (χ4v) is 59.4. The summed E-state index contributed by atoms with van der Waals surface area (Å²) >= 11 is 9.52. The second kappa shape index (κ2) is 4.92. The maximum absolute atomic E-state index is 7.04. The normalized spacial score (nSPS) is 50.2.